The zero-order chi connectivity index (χ0) is 15.6. The van der Waals surface area contributed by atoms with Gasteiger partial charge in [0.15, 0.2) is 0 Å². The summed E-state index contributed by atoms with van der Waals surface area (Å²) in [5.74, 6) is 2.08. The van der Waals surface area contributed by atoms with Crippen molar-refractivity contribution in [3.05, 3.63) is 48.0 Å². The Morgan fingerprint density at radius 2 is 1.96 bits per heavy atom. The molecule has 5 heteroatoms. The minimum Gasteiger partial charge on any atom is -0.367 e. The number of rotatable bonds is 4. The van der Waals surface area contributed by atoms with E-state index in [2.05, 4.69) is 20.2 Å². The Kier molecular flexibility index (Phi) is 3.85. The Hall–Kier alpha value is -2.17. The van der Waals surface area contributed by atoms with Crippen LogP contribution in [0.15, 0.2) is 36.7 Å². The SMILES string of the molecule is Fc1cccc([C@@H]2C[C@H]2Nc2cc(N3CCCCC3)ncn2)c1. The Morgan fingerprint density at radius 1 is 1.09 bits per heavy atom. The molecule has 0 radical (unpaired) electrons. The monoisotopic (exact) mass is 312 g/mol. The average Bonchev–Trinajstić information content (AvgIpc) is 3.35. The maximum atomic E-state index is 13.3. The fourth-order valence-corrected chi connectivity index (χ4v) is 3.37. The molecule has 0 amide bonds. The number of piperidine rings is 1. The lowest BCUT2D eigenvalue weighted by molar-refractivity contribution is 0.573. The van der Waals surface area contributed by atoms with E-state index in [1.165, 1.54) is 25.3 Å². The molecule has 23 heavy (non-hydrogen) atoms. The molecule has 1 aromatic heterocycles. The Balaban J connectivity index is 1.42. The van der Waals surface area contributed by atoms with Crippen LogP contribution in [0.5, 0.6) is 0 Å². The molecule has 2 aliphatic rings. The number of anilines is 2. The van der Waals surface area contributed by atoms with Crippen molar-refractivity contribution in [2.45, 2.75) is 37.6 Å². The van der Waals surface area contributed by atoms with Crippen LogP contribution in [0.25, 0.3) is 0 Å². The van der Waals surface area contributed by atoms with Gasteiger partial charge in [0.2, 0.25) is 0 Å². The highest BCUT2D eigenvalue weighted by Gasteiger charge is 2.38. The molecule has 120 valence electrons. The molecule has 2 fully saturated rings. The molecular formula is C18H21FN4. The number of nitrogens with one attached hydrogen (secondary N) is 1. The molecule has 1 aromatic carbocycles. The largest absolute Gasteiger partial charge is 0.367 e. The van der Waals surface area contributed by atoms with E-state index in [1.54, 1.807) is 18.5 Å². The Morgan fingerprint density at radius 3 is 2.78 bits per heavy atom. The number of hydrogen-bond donors (Lipinski definition) is 1. The van der Waals surface area contributed by atoms with E-state index in [1.807, 2.05) is 12.1 Å². The van der Waals surface area contributed by atoms with Crippen molar-refractivity contribution in [3.63, 3.8) is 0 Å². The van der Waals surface area contributed by atoms with E-state index in [0.717, 1.165) is 36.7 Å². The molecule has 1 saturated carbocycles. The second-order valence-corrected chi connectivity index (χ2v) is 6.46. The number of halogens is 1. The van der Waals surface area contributed by atoms with Gasteiger partial charge in [0, 0.05) is 31.1 Å². The first kappa shape index (κ1) is 14.4. The molecule has 1 saturated heterocycles. The minimum absolute atomic E-state index is 0.164. The summed E-state index contributed by atoms with van der Waals surface area (Å²) in [4.78, 5) is 11.1. The number of nitrogens with zero attached hydrogens (tertiary/aromatic N) is 3. The number of hydrogen-bond acceptors (Lipinski definition) is 4. The highest BCUT2D eigenvalue weighted by molar-refractivity contribution is 5.50. The van der Waals surface area contributed by atoms with Gasteiger partial charge >= 0.3 is 0 Å². The van der Waals surface area contributed by atoms with Gasteiger partial charge in [-0.05, 0) is 43.4 Å². The summed E-state index contributed by atoms with van der Waals surface area (Å²) < 4.78 is 13.3. The maximum Gasteiger partial charge on any atom is 0.134 e. The first-order valence-corrected chi connectivity index (χ1v) is 8.38. The summed E-state index contributed by atoms with van der Waals surface area (Å²) >= 11 is 0. The molecule has 0 spiro atoms. The maximum absolute atomic E-state index is 13.3. The molecule has 4 rings (SSSR count). The smallest absolute Gasteiger partial charge is 0.134 e. The van der Waals surface area contributed by atoms with E-state index >= 15 is 0 Å². The van der Waals surface area contributed by atoms with E-state index in [4.69, 9.17) is 0 Å². The van der Waals surface area contributed by atoms with Crippen molar-refractivity contribution in [1.82, 2.24) is 9.97 Å². The fraction of sp³-hybridized carbons (Fsp3) is 0.444. The number of aromatic nitrogens is 2. The zero-order valence-electron chi connectivity index (χ0n) is 13.1. The van der Waals surface area contributed by atoms with Crippen molar-refractivity contribution in [3.8, 4) is 0 Å². The summed E-state index contributed by atoms with van der Waals surface area (Å²) in [5, 5.41) is 3.46. The van der Waals surface area contributed by atoms with Gasteiger partial charge in [-0.3, -0.25) is 0 Å². The van der Waals surface area contributed by atoms with Gasteiger partial charge in [0.25, 0.3) is 0 Å². The lowest BCUT2D eigenvalue weighted by Gasteiger charge is -2.27. The molecule has 1 aliphatic heterocycles. The van der Waals surface area contributed by atoms with E-state index < -0.39 is 0 Å². The van der Waals surface area contributed by atoms with Gasteiger partial charge in [-0.1, -0.05) is 12.1 Å². The first-order valence-electron chi connectivity index (χ1n) is 8.38. The third-order valence-electron chi connectivity index (χ3n) is 4.73. The van der Waals surface area contributed by atoms with E-state index in [-0.39, 0.29) is 5.82 Å². The van der Waals surface area contributed by atoms with Crippen LogP contribution in [0.4, 0.5) is 16.0 Å². The van der Waals surface area contributed by atoms with Crippen LogP contribution in [-0.2, 0) is 0 Å². The van der Waals surface area contributed by atoms with Crippen LogP contribution in [0.1, 0.15) is 37.2 Å². The standard InChI is InChI=1S/C18H21FN4/c19-14-6-4-5-13(9-14)15-10-16(15)22-17-11-18(21-12-20-17)23-7-2-1-3-8-23/h4-6,9,11-12,15-16H,1-3,7-8,10H2,(H,20,21,22)/t15-,16+/m0/s1. The van der Waals surface area contributed by atoms with Crippen LogP contribution >= 0.6 is 0 Å². The van der Waals surface area contributed by atoms with Crippen molar-refractivity contribution in [1.29, 1.82) is 0 Å². The highest BCUT2D eigenvalue weighted by atomic mass is 19.1. The van der Waals surface area contributed by atoms with Crippen molar-refractivity contribution in [2.24, 2.45) is 0 Å². The lowest BCUT2D eigenvalue weighted by atomic mass is 10.1. The van der Waals surface area contributed by atoms with Crippen LogP contribution in [-0.4, -0.2) is 29.1 Å². The van der Waals surface area contributed by atoms with E-state index in [9.17, 15) is 4.39 Å². The van der Waals surface area contributed by atoms with E-state index in [0.29, 0.717) is 12.0 Å². The molecule has 0 bridgehead atoms. The molecule has 1 aliphatic carbocycles. The highest BCUT2D eigenvalue weighted by Crippen LogP contribution is 2.42. The fourth-order valence-electron chi connectivity index (χ4n) is 3.37. The Labute approximate surface area is 135 Å². The molecule has 2 heterocycles. The van der Waals surface area contributed by atoms with Gasteiger partial charge in [0.1, 0.15) is 23.8 Å². The summed E-state index contributed by atoms with van der Waals surface area (Å²) in [6, 6.07) is 9.26. The molecule has 1 N–H and O–H groups in total. The summed E-state index contributed by atoms with van der Waals surface area (Å²) in [5.41, 5.74) is 1.06. The van der Waals surface area contributed by atoms with Gasteiger partial charge in [-0.15, -0.1) is 0 Å². The van der Waals surface area contributed by atoms with Crippen molar-refractivity contribution in [2.75, 3.05) is 23.3 Å². The van der Waals surface area contributed by atoms with Crippen LogP contribution < -0.4 is 10.2 Å². The van der Waals surface area contributed by atoms with Crippen LogP contribution in [0, 0.1) is 5.82 Å². The minimum atomic E-state index is -0.164. The zero-order valence-corrected chi connectivity index (χ0v) is 13.1. The van der Waals surface area contributed by atoms with Crippen LogP contribution in [0.2, 0.25) is 0 Å². The first-order chi connectivity index (χ1) is 11.3. The summed E-state index contributed by atoms with van der Waals surface area (Å²) in [6.07, 6.45) is 6.43. The summed E-state index contributed by atoms with van der Waals surface area (Å²) in [7, 11) is 0. The Bertz CT molecular complexity index is 684. The van der Waals surface area contributed by atoms with Gasteiger partial charge in [-0.25, -0.2) is 14.4 Å². The number of benzene rings is 1. The lowest BCUT2D eigenvalue weighted by Crippen LogP contribution is -2.30. The molecule has 4 nitrogen and oxygen atoms in total. The van der Waals surface area contributed by atoms with Gasteiger partial charge in [-0.2, -0.15) is 0 Å². The predicted molar refractivity (Wildman–Crippen MR) is 89.3 cm³/mol. The van der Waals surface area contributed by atoms with Crippen molar-refractivity contribution >= 4 is 11.6 Å². The van der Waals surface area contributed by atoms with Gasteiger partial charge < -0.3 is 10.2 Å². The molecule has 2 atom stereocenters. The average molecular weight is 312 g/mol. The molecular weight excluding hydrogens is 291 g/mol. The summed E-state index contributed by atoms with van der Waals surface area (Å²) in [6.45, 7) is 2.15. The van der Waals surface area contributed by atoms with Gasteiger partial charge in [0.05, 0.1) is 0 Å². The normalized spacial score (nSPS) is 23.6. The quantitative estimate of drug-likeness (QED) is 0.937. The topological polar surface area (TPSA) is 41.0 Å². The second kappa shape index (κ2) is 6.14. The predicted octanol–water partition coefficient (Wildman–Crippen LogP) is 3.57. The van der Waals surface area contributed by atoms with Crippen LogP contribution in [0.3, 0.4) is 0 Å². The third-order valence-corrected chi connectivity index (χ3v) is 4.73. The second-order valence-electron chi connectivity index (χ2n) is 6.46. The third kappa shape index (κ3) is 3.28. The molecule has 0 unspecified atom stereocenters. The molecule has 2 aromatic rings. The van der Waals surface area contributed by atoms with Crippen molar-refractivity contribution < 1.29 is 4.39 Å².